The van der Waals surface area contributed by atoms with Gasteiger partial charge in [0.1, 0.15) is 0 Å². The summed E-state index contributed by atoms with van der Waals surface area (Å²) in [6, 6.07) is 7.15. The van der Waals surface area contributed by atoms with E-state index in [9.17, 15) is 13.2 Å². The zero-order valence-electron chi connectivity index (χ0n) is 15.7. The van der Waals surface area contributed by atoms with Crippen molar-refractivity contribution in [2.24, 2.45) is 5.73 Å². The molecule has 2 atom stereocenters. The van der Waals surface area contributed by atoms with E-state index in [0.29, 0.717) is 24.5 Å². The molecule has 1 aliphatic heterocycles. The molecule has 27 heavy (non-hydrogen) atoms. The third-order valence-corrected chi connectivity index (χ3v) is 7.94. The number of benzene rings is 1. The standard InChI is InChI=1S/C19H28ClN3O3S/c1-22(27(25,26)18-7-8-18)13-17-6-3-9-23(17)19(24)12-16(21)11-14-4-2-5-15(20)10-14/h2,4-5,10,16-18H,3,6-9,11-13,21H2,1H3. The zero-order valence-corrected chi connectivity index (χ0v) is 17.3. The van der Waals surface area contributed by atoms with Gasteiger partial charge in [-0.1, -0.05) is 23.7 Å². The van der Waals surface area contributed by atoms with Crippen LogP contribution in [0.4, 0.5) is 0 Å². The van der Waals surface area contributed by atoms with Gasteiger partial charge in [-0.25, -0.2) is 12.7 Å². The maximum Gasteiger partial charge on any atom is 0.224 e. The minimum atomic E-state index is -3.21. The zero-order chi connectivity index (χ0) is 19.6. The summed E-state index contributed by atoms with van der Waals surface area (Å²) in [5.74, 6) is 0.00393. The summed E-state index contributed by atoms with van der Waals surface area (Å²) in [6.45, 7) is 1.04. The summed E-state index contributed by atoms with van der Waals surface area (Å²) >= 11 is 6.00. The Morgan fingerprint density at radius 1 is 1.37 bits per heavy atom. The first-order valence-electron chi connectivity index (χ1n) is 9.52. The van der Waals surface area contributed by atoms with E-state index in [1.54, 1.807) is 7.05 Å². The highest BCUT2D eigenvalue weighted by molar-refractivity contribution is 7.90. The molecule has 1 aromatic carbocycles. The van der Waals surface area contributed by atoms with Crippen LogP contribution in [0.5, 0.6) is 0 Å². The Labute approximate surface area is 166 Å². The predicted octanol–water partition coefficient (Wildman–Crippen LogP) is 2.01. The van der Waals surface area contributed by atoms with Crippen molar-refractivity contribution < 1.29 is 13.2 Å². The lowest BCUT2D eigenvalue weighted by Gasteiger charge is -2.29. The van der Waals surface area contributed by atoms with Crippen LogP contribution in [-0.4, -0.2) is 61.0 Å². The number of likely N-dealkylation sites (N-methyl/N-ethyl adjacent to an activating group) is 1. The molecule has 8 heteroatoms. The number of nitrogens with zero attached hydrogens (tertiary/aromatic N) is 2. The average molecular weight is 414 g/mol. The van der Waals surface area contributed by atoms with Crippen LogP contribution in [0.25, 0.3) is 0 Å². The van der Waals surface area contributed by atoms with E-state index in [1.807, 2.05) is 29.2 Å². The highest BCUT2D eigenvalue weighted by Crippen LogP contribution is 2.31. The van der Waals surface area contributed by atoms with Gasteiger partial charge in [-0.2, -0.15) is 0 Å². The molecule has 150 valence electrons. The van der Waals surface area contributed by atoms with Gasteiger partial charge in [-0.3, -0.25) is 4.79 Å². The first kappa shape index (κ1) is 20.6. The van der Waals surface area contributed by atoms with Crippen LogP contribution in [0.2, 0.25) is 5.02 Å². The second-order valence-corrected chi connectivity index (χ2v) is 10.5. The summed E-state index contributed by atoms with van der Waals surface area (Å²) in [6.07, 6.45) is 4.07. The summed E-state index contributed by atoms with van der Waals surface area (Å²) < 4.78 is 26.2. The largest absolute Gasteiger partial charge is 0.338 e. The van der Waals surface area contributed by atoms with E-state index >= 15 is 0 Å². The van der Waals surface area contributed by atoms with Crippen molar-refractivity contribution in [2.45, 2.75) is 55.9 Å². The molecule has 2 fully saturated rings. The number of sulfonamides is 1. The van der Waals surface area contributed by atoms with Crippen molar-refractivity contribution in [1.29, 1.82) is 0 Å². The van der Waals surface area contributed by atoms with E-state index in [-0.39, 0.29) is 29.7 Å². The molecule has 2 unspecified atom stereocenters. The molecule has 1 aromatic rings. The smallest absolute Gasteiger partial charge is 0.224 e. The van der Waals surface area contributed by atoms with Crippen molar-refractivity contribution in [3.05, 3.63) is 34.9 Å². The van der Waals surface area contributed by atoms with Gasteiger partial charge in [0.15, 0.2) is 0 Å². The predicted molar refractivity (Wildman–Crippen MR) is 107 cm³/mol. The van der Waals surface area contributed by atoms with Crippen LogP contribution >= 0.6 is 11.6 Å². The van der Waals surface area contributed by atoms with Crippen LogP contribution in [-0.2, 0) is 21.2 Å². The molecule has 2 aliphatic rings. The Kier molecular flexibility index (Phi) is 6.46. The van der Waals surface area contributed by atoms with Crippen molar-refractivity contribution in [2.75, 3.05) is 20.1 Å². The number of carbonyl (C=O) groups is 1. The van der Waals surface area contributed by atoms with Gasteiger partial charge in [0.25, 0.3) is 0 Å². The second kappa shape index (κ2) is 8.47. The summed E-state index contributed by atoms with van der Waals surface area (Å²) in [5, 5.41) is 0.435. The van der Waals surface area contributed by atoms with Crippen LogP contribution in [0, 0.1) is 0 Å². The fourth-order valence-electron chi connectivity index (χ4n) is 3.76. The maximum atomic E-state index is 12.8. The molecule has 0 spiro atoms. The van der Waals surface area contributed by atoms with Gasteiger partial charge in [-0.05, 0) is 49.8 Å². The van der Waals surface area contributed by atoms with Crippen molar-refractivity contribution in [1.82, 2.24) is 9.21 Å². The number of likely N-dealkylation sites (tertiary alicyclic amines) is 1. The molecule has 6 nitrogen and oxygen atoms in total. The monoisotopic (exact) mass is 413 g/mol. The van der Waals surface area contributed by atoms with E-state index in [2.05, 4.69) is 0 Å². The van der Waals surface area contributed by atoms with Crippen molar-refractivity contribution in [3.8, 4) is 0 Å². The van der Waals surface area contributed by atoms with Crippen LogP contribution < -0.4 is 5.73 Å². The Bertz CT molecular complexity index is 782. The molecular weight excluding hydrogens is 386 g/mol. The summed E-state index contributed by atoms with van der Waals surface area (Å²) in [7, 11) is -1.59. The number of rotatable bonds is 8. The number of carbonyl (C=O) groups excluding carboxylic acids is 1. The van der Waals surface area contributed by atoms with E-state index in [1.165, 1.54) is 4.31 Å². The lowest BCUT2D eigenvalue weighted by Crippen LogP contribution is -2.46. The Balaban J connectivity index is 1.55. The van der Waals surface area contributed by atoms with Gasteiger partial charge in [0.05, 0.1) is 5.25 Å². The molecule has 1 amide bonds. The van der Waals surface area contributed by atoms with Crippen molar-refractivity contribution >= 4 is 27.5 Å². The Morgan fingerprint density at radius 2 is 2.11 bits per heavy atom. The van der Waals surface area contributed by atoms with Gasteiger partial charge < -0.3 is 10.6 Å². The average Bonchev–Trinajstić information content (AvgIpc) is 3.35. The highest BCUT2D eigenvalue weighted by Gasteiger charge is 2.40. The molecule has 3 rings (SSSR count). The molecule has 1 heterocycles. The van der Waals surface area contributed by atoms with Crippen LogP contribution in [0.15, 0.2) is 24.3 Å². The third-order valence-electron chi connectivity index (χ3n) is 5.37. The quantitative estimate of drug-likeness (QED) is 0.706. The fraction of sp³-hybridized carbons (Fsp3) is 0.632. The lowest BCUT2D eigenvalue weighted by molar-refractivity contribution is -0.132. The maximum absolute atomic E-state index is 12.8. The molecular formula is C19H28ClN3O3S. The number of hydrogen-bond acceptors (Lipinski definition) is 4. The van der Waals surface area contributed by atoms with Crippen molar-refractivity contribution in [3.63, 3.8) is 0 Å². The van der Waals surface area contributed by atoms with E-state index in [4.69, 9.17) is 17.3 Å². The lowest BCUT2D eigenvalue weighted by atomic mass is 10.0. The molecule has 0 aromatic heterocycles. The topological polar surface area (TPSA) is 83.7 Å². The molecule has 0 radical (unpaired) electrons. The number of nitrogens with two attached hydrogens (primary N) is 1. The number of hydrogen-bond donors (Lipinski definition) is 1. The van der Waals surface area contributed by atoms with Gasteiger partial charge in [0, 0.05) is 43.7 Å². The molecule has 2 N–H and O–H groups in total. The normalized spacial score (nSPS) is 21.6. The SMILES string of the molecule is CN(CC1CCCN1C(=O)CC(N)Cc1cccc(Cl)c1)S(=O)(=O)C1CC1. The summed E-state index contributed by atoms with van der Waals surface area (Å²) in [5.41, 5.74) is 7.20. The second-order valence-electron chi connectivity index (χ2n) is 7.71. The molecule has 1 aliphatic carbocycles. The highest BCUT2D eigenvalue weighted by atomic mass is 35.5. The molecule has 0 bridgehead atoms. The van der Waals surface area contributed by atoms with E-state index < -0.39 is 10.0 Å². The fourth-order valence-corrected chi connectivity index (χ4v) is 5.59. The van der Waals surface area contributed by atoms with Gasteiger partial charge in [0.2, 0.25) is 15.9 Å². The number of halogens is 1. The van der Waals surface area contributed by atoms with E-state index in [0.717, 1.165) is 31.2 Å². The van der Waals surface area contributed by atoms with Crippen LogP contribution in [0.1, 0.15) is 37.7 Å². The minimum absolute atomic E-state index is 0.00393. The first-order valence-corrected chi connectivity index (χ1v) is 11.4. The Hall–Kier alpha value is -1.15. The van der Waals surface area contributed by atoms with Gasteiger partial charge >= 0.3 is 0 Å². The summed E-state index contributed by atoms with van der Waals surface area (Å²) in [4.78, 5) is 14.6. The molecule has 1 saturated carbocycles. The van der Waals surface area contributed by atoms with Gasteiger partial charge in [-0.15, -0.1) is 0 Å². The Morgan fingerprint density at radius 3 is 2.78 bits per heavy atom. The minimum Gasteiger partial charge on any atom is -0.338 e. The molecule has 1 saturated heterocycles. The third kappa shape index (κ3) is 5.22. The first-order chi connectivity index (χ1) is 12.8. The van der Waals surface area contributed by atoms with Crippen LogP contribution in [0.3, 0.4) is 0 Å². The number of amides is 1.